The number of aliphatic hydroxyl groups excluding tert-OH is 1. The van der Waals surface area contributed by atoms with Crippen LogP contribution in [0.25, 0.3) is 0 Å². The summed E-state index contributed by atoms with van der Waals surface area (Å²) in [5.41, 5.74) is -1.92. The number of carbonyl (C=O) groups excluding carboxylic acids is 4. The third-order valence-corrected chi connectivity index (χ3v) is 11.3. The van der Waals surface area contributed by atoms with Gasteiger partial charge in [-0.2, -0.15) is 0 Å². The van der Waals surface area contributed by atoms with Crippen molar-refractivity contribution in [2.45, 2.75) is 99.5 Å². The predicted molar refractivity (Wildman–Crippen MR) is 136 cm³/mol. The summed E-state index contributed by atoms with van der Waals surface area (Å²) in [5.74, 6) is -2.49. The number of hydrogen-bond acceptors (Lipinski definition) is 6. The molecular weight excluding hydrogens is 472 g/mol. The Morgan fingerprint density at radius 1 is 1.00 bits per heavy atom. The molecule has 37 heavy (non-hydrogen) atoms. The highest BCUT2D eigenvalue weighted by Gasteiger charge is 2.70. The van der Waals surface area contributed by atoms with E-state index < -0.39 is 39.7 Å². The molecule has 0 aliphatic heterocycles. The van der Waals surface area contributed by atoms with Crippen molar-refractivity contribution in [1.82, 2.24) is 0 Å². The molecule has 204 valence electrons. The number of aliphatic carboxylic acids is 1. The molecule has 4 rings (SSSR count). The summed E-state index contributed by atoms with van der Waals surface area (Å²) in [6.45, 7) is 13.1. The van der Waals surface area contributed by atoms with Crippen molar-refractivity contribution in [2.24, 2.45) is 45.3 Å². The molecule has 0 bridgehead atoms. The number of carboxylic acid groups (broad SMARTS) is 1. The summed E-state index contributed by atoms with van der Waals surface area (Å²) in [5, 5.41) is 20.7. The van der Waals surface area contributed by atoms with Gasteiger partial charge in [0.05, 0.1) is 17.4 Å². The summed E-state index contributed by atoms with van der Waals surface area (Å²) >= 11 is 0. The van der Waals surface area contributed by atoms with Crippen LogP contribution >= 0.6 is 0 Å². The van der Waals surface area contributed by atoms with E-state index in [1.54, 1.807) is 0 Å². The van der Waals surface area contributed by atoms with Gasteiger partial charge in [-0.25, -0.2) is 0 Å². The van der Waals surface area contributed by atoms with Gasteiger partial charge >= 0.3 is 5.97 Å². The molecule has 2 fully saturated rings. The Kier molecular flexibility index (Phi) is 6.54. The molecule has 2 saturated carbocycles. The molecule has 0 radical (unpaired) electrons. The minimum absolute atomic E-state index is 0.00884. The zero-order valence-corrected chi connectivity index (χ0v) is 23.3. The van der Waals surface area contributed by atoms with Crippen LogP contribution < -0.4 is 0 Å². The average Bonchev–Trinajstić information content (AvgIpc) is 2.99. The lowest BCUT2D eigenvalue weighted by Gasteiger charge is -2.60. The Bertz CT molecular complexity index is 1110. The highest BCUT2D eigenvalue weighted by Crippen LogP contribution is 2.70. The molecule has 0 unspecified atom stereocenters. The molecular formula is C30H42O7. The minimum atomic E-state index is -1.04. The molecule has 0 heterocycles. The smallest absolute Gasteiger partial charge is 0.306 e. The van der Waals surface area contributed by atoms with Crippen molar-refractivity contribution in [2.75, 3.05) is 0 Å². The zero-order chi connectivity index (χ0) is 27.9. The molecule has 4 aliphatic carbocycles. The second kappa shape index (κ2) is 8.69. The highest BCUT2D eigenvalue weighted by atomic mass is 16.4. The Balaban J connectivity index is 1.75. The lowest BCUT2D eigenvalue weighted by atomic mass is 9.42. The van der Waals surface area contributed by atoms with E-state index in [4.69, 9.17) is 0 Å². The minimum Gasteiger partial charge on any atom is -0.481 e. The normalized spacial score (nSPS) is 40.5. The van der Waals surface area contributed by atoms with E-state index in [0.717, 1.165) is 0 Å². The number of ketones is 4. The number of hydrogen-bond donors (Lipinski definition) is 2. The van der Waals surface area contributed by atoms with Crippen molar-refractivity contribution < 1.29 is 34.2 Å². The Hall–Kier alpha value is -2.15. The third-order valence-electron chi connectivity index (χ3n) is 11.3. The van der Waals surface area contributed by atoms with Gasteiger partial charge in [-0.3, -0.25) is 24.0 Å². The lowest BCUT2D eigenvalue weighted by Crippen LogP contribution is -2.60. The number of carbonyl (C=O) groups is 5. The number of fused-ring (bicyclic) bond motifs is 4. The number of rotatable bonds is 6. The zero-order valence-electron chi connectivity index (χ0n) is 23.3. The van der Waals surface area contributed by atoms with Crippen molar-refractivity contribution in [3.8, 4) is 0 Å². The van der Waals surface area contributed by atoms with Crippen LogP contribution in [0.1, 0.15) is 93.4 Å². The SMILES string of the molecule is C[C@H](CC(=O)C[C@H](C)[C@@H]1CC(=O)[C@]2(C)C3=C(C(=O)C[C@]12C)[C@]1(C)CCC(=O)C(C)(C)[C@@H]1C[C@@H]3O)C(=O)O. The standard InChI is InChI=1S/C30H42O7/c1-15(10-17(31)11-16(2)26(36)37)18-12-23(35)30(7)25-19(32)13-21-27(3,4)22(34)8-9-28(21,5)24(25)20(33)14-29(18,30)6/h15-16,18-19,21,32H,8-14H2,1-7H3,(H,36,37)/t15-,16+,18-,19-,21-,28+,29+,30+/m0/s1. The van der Waals surface area contributed by atoms with Crippen molar-refractivity contribution in [1.29, 1.82) is 0 Å². The van der Waals surface area contributed by atoms with Gasteiger partial charge in [-0.1, -0.05) is 41.5 Å². The largest absolute Gasteiger partial charge is 0.481 e. The van der Waals surface area contributed by atoms with Crippen molar-refractivity contribution in [3.63, 3.8) is 0 Å². The quantitative estimate of drug-likeness (QED) is 0.540. The summed E-state index contributed by atoms with van der Waals surface area (Å²) in [4.78, 5) is 64.6. The van der Waals surface area contributed by atoms with E-state index in [0.29, 0.717) is 30.4 Å². The van der Waals surface area contributed by atoms with E-state index >= 15 is 0 Å². The average molecular weight is 515 g/mol. The van der Waals surface area contributed by atoms with E-state index in [1.165, 1.54) is 6.92 Å². The van der Waals surface area contributed by atoms with Crippen LogP contribution in [-0.2, 0) is 24.0 Å². The van der Waals surface area contributed by atoms with Gasteiger partial charge in [0.1, 0.15) is 17.3 Å². The summed E-state index contributed by atoms with van der Waals surface area (Å²) in [6, 6.07) is 0. The van der Waals surface area contributed by atoms with Gasteiger partial charge in [-0.15, -0.1) is 0 Å². The molecule has 4 aliphatic rings. The maximum Gasteiger partial charge on any atom is 0.306 e. The highest BCUT2D eigenvalue weighted by molar-refractivity contribution is 6.05. The van der Waals surface area contributed by atoms with Crippen LogP contribution in [0.3, 0.4) is 0 Å². The van der Waals surface area contributed by atoms with Crippen LogP contribution in [0.15, 0.2) is 11.1 Å². The molecule has 0 aromatic heterocycles. The lowest BCUT2D eigenvalue weighted by molar-refractivity contribution is -0.147. The molecule has 7 nitrogen and oxygen atoms in total. The van der Waals surface area contributed by atoms with Crippen molar-refractivity contribution in [3.05, 3.63) is 11.1 Å². The van der Waals surface area contributed by atoms with Gasteiger partial charge in [0.15, 0.2) is 5.78 Å². The molecule has 0 saturated heterocycles. The molecule has 7 heteroatoms. The van der Waals surface area contributed by atoms with Crippen LogP contribution in [-0.4, -0.2) is 45.4 Å². The first-order valence-electron chi connectivity index (χ1n) is 13.7. The van der Waals surface area contributed by atoms with Crippen LogP contribution in [0.2, 0.25) is 0 Å². The summed E-state index contributed by atoms with van der Waals surface area (Å²) in [6.07, 6.45) is 0.736. The Labute approximate surface area is 219 Å². The van der Waals surface area contributed by atoms with Crippen LogP contribution in [0, 0.1) is 45.3 Å². The van der Waals surface area contributed by atoms with Gasteiger partial charge in [0.25, 0.3) is 0 Å². The van der Waals surface area contributed by atoms with Crippen molar-refractivity contribution >= 4 is 29.1 Å². The second-order valence-corrected chi connectivity index (χ2v) is 13.7. The molecule has 0 aromatic rings. The number of aliphatic hydroxyl groups is 1. The van der Waals surface area contributed by atoms with Crippen LogP contribution in [0.4, 0.5) is 0 Å². The van der Waals surface area contributed by atoms with Gasteiger partial charge in [-0.05, 0) is 48.5 Å². The molecule has 0 spiro atoms. The fourth-order valence-corrected chi connectivity index (χ4v) is 8.93. The van der Waals surface area contributed by atoms with Crippen LogP contribution in [0.5, 0.6) is 0 Å². The molecule has 0 amide bonds. The monoisotopic (exact) mass is 514 g/mol. The molecule has 2 N–H and O–H groups in total. The first-order valence-corrected chi connectivity index (χ1v) is 13.7. The molecule has 8 atom stereocenters. The first kappa shape index (κ1) is 27.9. The van der Waals surface area contributed by atoms with E-state index in [9.17, 15) is 34.2 Å². The fourth-order valence-electron chi connectivity index (χ4n) is 8.93. The first-order chi connectivity index (χ1) is 16.9. The van der Waals surface area contributed by atoms with Gasteiger partial charge in [0.2, 0.25) is 0 Å². The Morgan fingerprint density at radius 3 is 2.22 bits per heavy atom. The number of Topliss-reactive ketones (excluding diaryl/α,β-unsaturated/α-hetero) is 4. The number of carboxylic acids is 1. The van der Waals surface area contributed by atoms with Gasteiger partial charge in [0, 0.05) is 48.5 Å². The fraction of sp³-hybridized carbons (Fsp3) is 0.767. The second-order valence-electron chi connectivity index (χ2n) is 13.7. The summed E-state index contributed by atoms with van der Waals surface area (Å²) in [7, 11) is 0. The maximum absolute atomic E-state index is 14.0. The van der Waals surface area contributed by atoms with E-state index in [-0.39, 0.29) is 66.6 Å². The molecule has 0 aromatic carbocycles. The van der Waals surface area contributed by atoms with E-state index in [2.05, 4.69) is 0 Å². The predicted octanol–water partition coefficient (Wildman–Crippen LogP) is 4.34. The summed E-state index contributed by atoms with van der Waals surface area (Å²) < 4.78 is 0. The maximum atomic E-state index is 14.0. The topological polar surface area (TPSA) is 126 Å². The number of allylic oxidation sites excluding steroid dienone is 1. The Morgan fingerprint density at radius 2 is 1.62 bits per heavy atom. The van der Waals surface area contributed by atoms with Gasteiger partial charge < -0.3 is 10.2 Å². The van der Waals surface area contributed by atoms with E-state index in [1.807, 2.05) is 41.5 Å². The third kappa shape index (κ3) is 3.74.